The second-order valence-corrected chi connectivity index (χ2v) is 116. The Hall–Kier alpha value is -0.243. The Labute approximate surface area is 128 Å². The first-order chi connectivity index (χ1) is 9.54. The first-order valence-corrected chi connectivity index (χ1v) is 32.8. The molecule has 2 aliphatic carbocycles. The van der Waals surface area contributed by atoms with E-state index >= 15 is 0 Å². The minimum absolute atomic E-state index is 0.503. The van der Waals surface area contributed by atoms with Crippen LogP contribution in [0.5, 0.6) is 0 Å². The van der Waals surface area contributed by atoms with E-state index in [1.807, 2.05) is 0 Å². The van der Waals surface area contributed by atoms with Gasteiger partial charge in [-0.3, -0.25) is 0 Å². The van der Waals surface area contributed by atoms with Crippen LogP contribution in [0.4, 0.5) is 0 Å². The van der Waals surface area contributed by atoms with E-state index in [-0.39, 0.29) is 0 Å². The normalized spacial score (nSPS) is 27.8. The van der Waals surface area contributed by atoms with Crippen LogP contribution in [0.2, 0.25) is 18.5 Å². The average Bonchev–Trinajstić information content (AvgIpc) is 2.93. The SMILES string of the molecule is CC1=CC[C]([Zr]([CH3])([CH3])([CH3])([CH3])(=[SiH2])(=[SiH2])[CH]2C=Cc3ccccc32)=C1. The first kappa shape index (κ1) is 16.6. The number of rotatable bonds is 2. The van der Waals surface area contributed by atoms with Gasteiger partial charge in [0.25, 0.3) is 0 Å². The summed E-state index contributed by atoms with van der Waals surface area (Å²) in [6.07, 6.45) is 10.9. The van der Waals surface area contributed by atoms with Gasteiger partial charge in [0.05, 0.1) is 0 Å². The van der Waals surface area contributed by atoms with Gasteiger partial charge in [-0.1, -0.05) is 0 Å². The molecule has 0 aliphatic heterocycles. The molecule has 0 nitrogen and oxygen atoms in total. The first-order valence-electron chi connectivity index (χ1n) is 8.44. The van der Waals surface area contributed by atoms with Crippen molar-refractivity contribution >= 4 is 19.8 Å². The van der Waals surface area contributed by atoms with E-state index in [9.17, 15) is 0 Å². The molecule has 1 aromatic rings. The Morgan fingerprint density at radius 1 is 1.05 bits per heavy atom. The molecule has 0 fully saturated rings. The topological polar surface area (TPSA) is 0 Å². The summed E-state index contributed by atoms with van der Waals surface area (Å²) in [5.41, 5.74) is 4.37. The van der Waals surface area contributed by atoms with Crippen LogP contribution >= 0.6 is 0 Å². The van der Waals surface area contributed by atoms with Crippen molar-refractivity contribution in [3.8, 4) is 0 Å². The summed E-state index contributed by atoms with van der Waals surface area (Å²) in [6, 6.07) is 8.97. The maximum atomic E-state index is 2.66. The molecule has 118 valence electrons. The molecule has 22 heavy (non-hydrogen) atoms. The van der Waals surface area contributed by atoms with Gasteiger partial charge < -0.3 is 0 Å². The van der Waals surface area contributed by atoms with Crippen LogP contribution in [0.3, 0.4) is 0 Å². The van der Waals surface area contributed by atoms with Gasteiger partial charge in [0.2, 0.25) is 0 Å². The third-order valence-corrected chi connectivity index (χ3v) is 37.8. The van der Waals surface area contributed by atoms with E-state index in [0.29, 0.717) is 3.63 Å². The molecule has 0 aromatic heterocycles. The molecule has 1 atom stereocenters. The van der Waals surface area contributed by atoms with Crippen LogP contribution in [0.15, 0.2) is 51.3 Å². The molecule has 1 unspecified atom stereocenters. The van der Waals surface area contributed by atoms with E-state index in [2.05, 4.69) is 87.8 Å². The molecule has 0 N–H and O–H groups in total. The van der Waals surface area contributed by atoms with E-state index < -0.39 is 11.6 Å². The number of hydrogen-bond donors (Lipinski definition) is 0. The van der Waals surface area contributed by atoms with Crippen molar-refractivity contribution < 1.29 is 11.6 Å². The standard InChI is InChI=1S/C9H7.C6H7.4CH3.2H2Si.Zr/c1-2-5-9-7-3-6-8(9)4-1;1-6-4-2-3-5-6;;;;;;;/h1-7H;4-5H,2H2,1H3;4*1H3;2*1H2;. The number of hydrogen-bond acceptors (Lipinski definition) is 0. The predicted octanol–water partition coefficient (Wildman–Crippen LogP) is 4.57. The Balaban J connectivity index is 2.47. The van der Waals surface area contributed by atoms with Crippen molar-refractivity contribution in [3.05, 3.63) is 62.5 Å². The summed E-state index contributed by atoms with van der Waals surface area (Å²) in [6.45, 7) is 6.97. The minimum atomic E-state index is -4.57. The zero-order valence-corrected chi connectivity index (χ0v) is 20.1. The van der Waals surface area contributed by atoms with E-state index in [0.717, 1.165) is 6.42 Å². The van der Waals surface area contributed by atoms with Gasteiger partial charge in [0.1, 0.15) is 0 Å². The third kappa shape index (κ3) is 2.16. The van der Waals surface area contributed by atoms with Gasteiger partial charge in [-0.05, 0) is 0 Å². The molecule has 3 heteroatoms. The molecule has 0 bridgehead atoms. The Kier molecular flexibility index (Phi) is 2.28. The molecule has 0 saturated heterocycles. The Morgan fingerprint density at radius 2 is 1.68 bits per heavy atom. The molecular formula is C19H30Si2Zr. The summed E-state index contributed by atoms with van der Waals surface area (Å²) in [4.78, 5) is 0. The predicted molar refractivity (Wildman–Crippen MR) is 105 cm³/mol. The second-order valence-electron chi connectivity index (χ2n) is 13.4. The van der Waals surface area contributed by atoms with E-state index in [4.69, 9.17) is 0 Å². The van der Waals surface area contributed by atoms with Crippen molar-refractivity contribution in [1.29, 1.82) is 0 Å². The molecule has 0 radical (unpaired) electrons. The Bertz CT molecular complexity index is 1060. The molecule has 0 spiro atoms. The number of allylic oxidation sites excluding steroid dienone is 5. The van der Waals surface area contributed by atoms with Crippen molar-refractivity contribution in [1.82, 2.24) is 0 Å². The van der Waals surface area contributed by atoms with E-state index in [1.54, 1.807) is 3.28 Å². The van der Waals surface area contributed by atoms with Gasteiger partial charge in [-0.2, -0.15) is 0 Å². The van der Waals surface area contributed by atoms with Crippen molar-refractivity contribution in [2.75, 3.05) is 0 Å². The van der Waals surface area contributed by atoms with E-state index in [1.165, 1.54) is 16.7 Å². The molecule has 0 amide bonds. The zero-order valence-electron chi connectivity index (χ0n) is 14.8. The second kappa shape index (κ2) is 3.02. The summed E-state index contributed by atoms with van der Waals surface area (Å²) in [5, 5.41) is 0. The zero-order chi connectivity index (χ0) is 16.6. The van der Waals surface area contributed by atoms with Crippen LogP contribution in [-0.4, -0.2) is 13.8 Å². The fourth-order valence-corrected chi connectivity index (χ4v) is 26.9. The van der Waals surface area contributed by atoms with Crippen LogP contribution in [0.1, 0.15) is 28.1 Å². The summed E-state index contributed by atoms with van der Waals surface area (Å²) < 4.78 is 12.9. The quantitative estimate of drug-likeness (QED) is 0.632. The van der Waals surface area contributed by atoms with Gasteiger partial charge in [0, 0.05) is 0 Å². The van der Waals surface area contributed by atoms with Crippen molar-refractivity contribution in [2.45, 2.75) is 35.5 Å². The van der Waals surface area contributed by atoms with Crippen LogP contribution in [0.25, 0.3) is 6.08 Å². The van der Waals surface area contributed by atoms with Crippen LogP contribution < -0.4 is 0 Å². The molecular weight excluding hydrogens is 376 g/mol. The summed E-state index contributed by atoms with van der Waals surface area (Å²) in [5.74, 6) is 0. The molecule has 2 aliphatic rings. The third-order valence-electron chi connectivity index (χ3n) is 6.61. The molecule has 1 aromatic carbocycles. The summed E-state index contributed by atoms with van der Waals surface area (Å²) >= 11 is -4.57. The number of fused-ring (bicyclic) bond motifs is 1. The monoisotopic (exact) mass is 404 g/mol. The van der Waals surface area contributed by atoms with Crippen LogP contribution in [-0.2, 0) is 11.6 Å². The Morgan fingerprint density at radius 3 is 2.27 bits per heavy atom. The number of benzene rings is 1. The summed E-state index contributed by atoms with van der Waals surface area (Å²) in [7, 11) is 0. The van der Waals surface area contributed by atoms with Gasteiger partial charge in [-0.25, -0.2) is 0 Å². The van der Waals surface area contributed by atoms with Crippen LogP contribution in [0, 0.1) is 0 Å². The fourth-order valence-electron chi connectivity index (χ4n) is 4.65. The van der Waals surface area contributed by atoms with Gasteiger partial charge in [-0.15, -0.1) is 0 Å². The van der Waals surface area contributed by atoms with Gasteiger partial charge >= 0.3 is 129 Å². The van der Waals surface area contributed by atoms with Gasteiger partial charge in [0.15, 0.2) is 0 Å². The van der Waals surface area contributed by atoms with Crippen molar-refractivity contribution in [2.24, 2.45) is 0 Å². The fraction of sp³-hybridized carbons (Fsp3) is 0.368. The van der Waals surface area contributed by atoms with Crippen molar-refractivity contribution in [3.63, 3.8) is 0 Å². The average molecular weight is 406 g/mol. The molecule has 0 saturated carbocycles. The molecule has 0 heterocycles. The maximum absolute atomic E-state index is 4.57. The molecule has 3 rings (SSSR count).